The van der Waals surface area contributed by atoms with E-state index in [-0.39, 0.29) is 17.0 Å². The van der Waals surface area contributed by atoms with Crippen LogP contribution in [0.4, 0.5) is 0 Å². The molecule has 0 heterocycles. The van der Waals surface area contributed by atoms with Gasteiger partial charge in [-0.3, -0.25) is 0 Å². The maximum absolute atomic E-state index is 3.55. The summed E-state index contributed by atoms with van der Waals surface area (Å²) in [6.07, 6.45) is 5.61. The van der Waals surface area contributed by atoms with Crippen LogP contribution in [-0.4, -0.2) is 30.4 Å². The van der Waals surface area contributed by atoms with Gasteiger partial charge >= 0.3 is 0 Å². The monoisotopic (exact) mass is 299 g/mol. The molecule has 0 aromatic carbocycles. The summed E-state index contributed by atoms with van der Waals surface area (Å²) in [5, 5.41) is 1.20. The number of alkyl halides is 1. The predicted molar refractivity (Wildman–Crippen MR) is 63.5 cm³/mol. The summed E-state index contributed by atoms with van der Waals surface area (Å²) in [6, 6.07) is 0.852. The molecule has 0 aliphatic heterocycles. The highest BCUT2D eigenvalue weighted by atomic mass is 79.9. The summed E-state index contributed by atoms with van der Waals surface area (Å²) in [5.41, 5.74) is 0. The van der Waals surface area contributed by atoms with Crippen LogP contribution in [-0.2, 0) is 0 Å². The molecule has 0 amide bonds. The van der Waals surface area contributed by atoms with Gasteiger partial charge in [-0.25, -0.2) is 0 Å². The van der Waals surface area contributed by atoms with Crippen molar-refractivity contribution in [1.29, 1.82) is 0 Å². The lowest BCUT2D eigenvalue weighted by Gasteiger charge is -2.31. The van der Waals surface area contributed by atoms with Crippen molar-refractivity contribution in [3.8, 4) is 0 Å². The van der Waals surface area contributed by atoms with Crippen LogP contribution >= 0.6 is 32.9 Å². The Bertz CT molecular complexity index is 109. The van der Waals surface area contributed by atoms with Gasteiger partial charge in [-0.15, -0.1) is 17.0 Å². The van der Waals surface area contributed by atoms with Crippen molar-refractivity contribution in [2.75, 3.05) is 19.4 Å². The Hall–Kier alpha value is 0.920. The van der Waals surface area contributed by atoms with E-state index in [4.69, 9.17) is 0 Å². The molecule has 0 N–H and O–H groups in total. The maximum Gasteiger partial charge on any atom is 0.00893 e. The number of rotatable bonds is 2. The van der Waals surface area contributed by atoms with Crippen LogP contribution in [0.15, 0.2) is 0 Å². The first kappa shape index (κ1) is 12.9. The lowest BCUT2D eigenvalue weighted by Crippen LogP contribution is -2.32. The molecular weight excluding hydrogens is 282 g/mol. The molecule has 0 aromatic heterocycles. The van der Waals surface area contributed by atoms with Gasteiger partial charge in [-0.1, -0.05) is 15.9 Å². The summed E-state index contributed by atoms with van der Waals surface area (Å²) < 4.78 is 0. The summed E-state index contributed by atoms with van der Waals surface area (Å²) in [7, 11) is 4.39. The summed E-state index contributed by atoms with van der Waals surface area (Å²) in [4.78, 5) is 2.37. The second-order valence-electron chi connectivity index (χ2n) is 3.79. The average molecular weight is 301 g/mol. The third-order valence-electron chi connectivity index (χ3n) is 2.76. The largest absolute Gasteiger partial charge is 0.306 e. The van der Waals surface area contributed by atoms with Gasteiger partial charge in [0.05, 0.1) is 0 Å². The van der Waals surface area contributed by atoms with Crippen LogP contribution in [0.3, 0.4) is 0 Å². The lowest BCUT2D eigenvalue weighted by atomic mass is 9.87. The number of halogens is 2. The van der Waals surface area contributed by atoms with E-state index in [1.54, 1.807) is 0 Å². The molecule has 0 unspecified atom stereocenters. The van der Waals surface area contributed by atoms with E-state index in [1.807, 2.05) is 0 Å². The van der Waals surface area contributed by atoms with Crippen molar-refractivity contribution in [3.05, 3.63) is 0 Å². The van der Waals surface area contributed by atoms with Crippen LogP contribution < -0.4 is 0 Å². The Kier molecular flexibility index (Phi) is 6.87. The van der Waals surface area contributed by atoms with Crippen LogP contribution in [0.2, 0.25) is 0 Å². The van der Waals surface area contributed by atoms with Crippen molar-refractivity contribution in [1.82, 2.24) is 4.90 Å². The van der Waals surface area contributed by atoms with E-state index >= 15 is 0 Å². The number of hydrogen-bond acceptors (Lipinski definition) is 1. The number of hydrogen-bond donors (Lipinski definition) is 0. The summed E-state index contributed by atoms with van der Waals surface area (Å²) >= 11 is 3.55. The number of nitrogens with zero attached hydrogens (tertiary/aromatic N) is 1. The SMILES string of the molecule is Br.CN(C)C1CCC(CBr)CC1. The molecule has 0 radical (unpaired) electrons. The zero-order valence-corrected chi connectivity index (χ0v) is 11.2. The van der Waals surface area contributed by atoms with Gasteiger partial charge in [0, 0.05) is 11.4 Å². The molecule has 1 aliphatic carbocycles. The minimum atomic E-state index is 0. The molecule has 0 aromatic rings. The second-order valence-corrected chi connectivity index (χ2v) is 4.44. The Morgan fingerprint density at radius 2 is 1.67 bits per heavy atom. The molecule has 0 atom stereocenters. The molecule has 0 bridgehead atoms. The molecule has 0 saturated heterocycles. The highest BCUT2D eigenvalue weighted by Crippen LogP contribution is 2.27. The van der Waals surface area contributed by atoms with E-state index in [9.17, 15) is 0 Å². The fourth-order valence-electron chi connectivity index (χ4n) is 1.82. The van der Waals surface area contributed by atoms with E-state index in [2.05, 4.69) is 34.9 Å². The van der Waals surface area contributed by atoms with Crippen LogP contribution in [0.5, 0.6) is 0 Å². The molecule has 1 aliphatic rings. The first-order valence-electron chi connectivity index (χ1n) is 4.46. The first-order valence-corrected chi connectivity index (χ1v) is 5.58. The van der Waals surface area contributed by atoms with E-state index in [0.29, 0.717) is 0 Å². The molecule has 1 nitrogen and oxygen atoms in total. The van der Waals surface area contributed by atoms with Gasteiger partial charge in [0.2, 0.25) is 0 Å². The molecule has 3 heteroatoms. The Balaban J connectivity index is 0.00000121. The standard InChI is InChI=1S/C9H18BrN.BrH/c1-11(2)9-5-3-8(7-10)4-6-9;/h8-9H,3-7H2,1-2H3;1H. The lowest BCUT2D eigenvalue weighted by molar-refractivity contribution is 0.202. The smallest absolute Gasteiger partial charge is 0.00893 e. The minimum Gasteiger partial charge on any atom is -0.306 e. The van der Waals surface area contributed by atoms with Gasteiger partial charge in [-0.05, 0) is 45.7 Å². The highest BCUT2D eigenvalue weighted by molar-refractivity contribution is 9.09. The van der Waals surface area contributed by atoms with E-state index < -0.39 is 0 Å². The van der Waals surface area contributed by atoms with Crippen molar-refractivity contribution in [2.24, 2.45) is 5.92 Å². The molecule has 12 heavy (non-hydrogen) atoms. The third kappa shape index (κ3) is 3.75. The van der Waals surface area contributed by atoms with Crippen molar-refractivity contribution in [3.63, 3.8) is 0 Å². The molecular formula is C9H19Br2N. The normalized spacial score (nSPS) is 30.0. The van der Waals surface area contributed by atoms with Crippen LogP contribution in [0, 0.1) is 5.92 Å². The summed E-state index contributed by atoms with van der Waals surface area (Å²) in [6.45, 7) is 0. The van der Waals surface area contributed by atoms with Crippen LogP contribution in [0.1, 0.15) is 25.7 Å². The summed E-state index contributed by atoms with van der Waals surface area (Å²) in [5.74, 6) is 0.950. The maximum atomic E-state index is 3.55. The van der Waals surface area contributed by atoms with Gasteiger partial charge in [-0.2, -0.15) is 0 Å². The van der Waals surface area contributed by atoms with Crippen LogP contribution in [0.25, 0.3) is 0 Å². The topological polar surface area (TPSA) is 3.24 Å². The Morgan fingerprint density at radius 1 is 1.17 bits per heavy atom. The zero-order valence-electron chi connectivity index (χ0n) is 7.92. The predicted octanol–water partition coefficient (Wildman–Crippen LogP) is 3.08. The Labute approximate surface area is 94.8 Å². The van der Waals surface area contributed by atoms with Crippen molar-refractivity contribution < 1.29 is 0 Å². The fraction of sp³-hybridized carbons (Fsp3) is 1.00. The van der Waals surface area contributed by atoms with Crippen molar-refractivity contribution >= 4 is 32.9 Å². The zero-order chi connectivity index (χ0) is 8.27. The molecule has 1 rings (SSSR count). The van der Waals surface area contributed by atoms with Gasteiger partial charge in [0.15, 0.2) is 0 Å². The second kappa shape index (κ2) is 6.39. The molecule has 1 saturated carbocycles. The average Bonchev–Trinajstić information content (AvgIpc) is 2.05. The Morgan fingerprint density at radius 3 is 2.00 bits per heavy atom. The third-order valence-corrected chi connectivity index (χ3v) is 3.68. The fourth-order valence-corrected chi connectivity index (χ4v) is 2.46. The van der Waals surface area contributed by atoms with Gasteiger partial charge < -0.3 is 4.90 Å². The molecule has 1 fully saturated rings. The molecule has 74 valence electrons. The van der Waals surface area contributed by atoms with Gasteiger partial charge in [0.25, 0.3) is 0 Å². The van der Waals surface area contributed by atoms with E-state index in [0.717, 1.165) is 12.0 Å². The van der Waals surface area contributed by atoms with Gasteiger partial charge in [0.1, 0.15) is 0 Å². The first-order chi connectivity index (χ1) is 5.24. The minimum absolute atomic E-state index is 0. The van der Waals surface area contributed by atoms with E-state index in [1.165, 1.54) is 31.0 Å². The van der Waals surface area contributed by atoms with Crippen molar-refractivity contribution in [2.45, 2.75) is 31.7 Å². The quantitative estimate of drug-likeness (QED) is 0.709. The highest BCUT2D eigenvalue weighted by Gasteiger charge is 2.21. The molecule has 0 spiro atoms.